The Hall–Kier alpha value is -2.49. The summed E-state index contributed by atoms with van der Waals surface area (Å²) in [5.74, 6) is 0.512. The third-order valence-electron chi connectivity index (χ3n) is 3.35. The fraction of sp³-hybridized carbons (Fsp3) is 0.235. The molecule has 3 rings (SSSR count). The van der Waals surface area contributed by atoms with E-state index in [1.165, 1.54) is 0 Å². The second-order valence-corrected chi connectivity index (χ2v) is 6.12. The van der Waals surface area contributed by atoms with E-state index in [4.69, 9.17) is 0 Å². The molecular weight excluding hydrogens is 262 g/mol. The van der Waals surface area contributed by atoms with E-state index < -0.39 is 0 Å². The average Bonchev–Trinajstić information content (AvgIpc) is 2.45. The van der Waals surface area contributed by atoms with Crippen molar-refractivity contribution in [3.63, 3.8) is 0 Å². The van der Waals surface area contributed by atoms with E-state index in [2.05, 4.69) is 15.0 Å². The summed E-state index contributed by atoms with van der Waals surface area (Å²) in [6.07, 6.45) is 0. The first-order valence-electron chi connectivity index (χ1n) is 6.91. The van der Waals surface area contributed by atoms with E-state index in [-0.39, 0.29) is 11.0 Å². The van der Waals surface area contributed by atoms with Gasteiger partial charge in [0.15, 0.2) is 5.82 Å². The van der Waals surface area contributed by atoms with Crippen molar-refractivity contribution >= 4 is 10.9 Å². The molecule has 1 aromatic carbocycles. The summed E-state index contributed by atoms with van der Waals surface area (Å²) in [6.45, 7) is 6.10. The van der Waals surface area contributed by atoms with Crippen LogP contribution in [0.15, 0.2) is 47.3 Å². The zero-order valence-electron chi connectivity index (χ0n) is 12.3. The summed E-state index contributed by atoms with van der Waals surface area (Å²) in [7, 11) is 0. The Morgan fingerprint density at radius 3 is 2.52 bits per heavy atom. The maximum Gasteiger partial charge on any atom is 0.251 e. The highest BCUT2D eigenvalue weighted by atomic mass is 16.1. The smallest absolute Gasteiger partial charge is 0.251 e. The number of rotatable bonds is 1. The molecule has 1 N–H and O–H groups in total. The number of nitrogens with zero attached hydrogens (tertiary/aromatic N) is 2. The number of benzene rings is 1. The van der Waals surface area contributed by atoms with Gasteiger partial charge in [-0.25, -0.2) is 9.97 Å². The lowest BCUT2D eigenvalue weighted by molar-refractivity contribution is 0.566. The van der Waals surface area contributed by atoms with Crippen LogP contribution in [0.25, 0.3) is 22.4 Å². The second-order valence-electron chi connectivity index (χ2n) is 6.12. The minimum absolute atomic E-state index is 0.153. The first kappa shape index (κ1) is 13.5. The molecule has 0 spiro atoms. The maximum absolute atomic E-state index is 11.9. The molecular formula is C17H17N3O. The highest BCUT2D eigenvalue weighted by Crippen LogP contribution is 2.22. The number of para-hydroxylation sites is 1. The Labute approximate surface area is 122 Å². The minimum atomic E-state index is -0.181. The van der Waals surface area contributed by atoms with Crippen LogP contribution in [0.1, 0.15) is 26.5 Å². The predicted molar refractivity (Wildman–Crippen MR) is 84.3 cm³/mol. The van der Waals surface area contributed by atoms with Gasteiger partial charge in [0, 0.05) is 16.9 Å². The zero-order chi connectivity index (χ0) is 15.0. The molecule has 0 aliphatic carbocycles. The van der Waals surface area contributed by atoms with Crippen molar-refractivity contribution in [2.75, 3.05) is 0 Å². The van der Waals surface area contributed by atoms with Crippen molar-refractivity contribution in [2.24, 2.45) is 0 Å². The molecule has 0 atom stereocenters. The Kier molecular flexibility index (Phi) is 3.09. The molecule has 0 aliphatic rings. The molecule has 4 heteroatoms. The summed E-state index contributed by atoms with van der Waals surface area (Å²) in [5, 5.41) is 1.07. The van der Waals surface area contributed by atoms with Crippen LogP contribution < -0.4 is 5.56 Å². The van der Waals surface area contributed by atoms with Crippen molar-refractivity contribution < 1.29 is 0 Å². The van der Waals surface area contributed by atoms with E-state index in [0.29, 0.717) is 11.5 Å². The summed E-state index contributed by atoms with van der Waals surface area (Å²) in [4.78, 5) is 23.8. The Morgan fingerprint density at radius 1 is 1.00 bits per heavy atom. The number of hydrogen-bond donors (Lipinski definition) is 1. The van der Waals surface area contributed by atoms with Crippen molar-refractivity contribution in [3.05, 3.63) is 58.5 Å². The first-order valence-corrected chi connectivity index (χ1v) is 6.91. The van der Waals surface area contributed by atoms with Crippen molar-refractivity contribution in [3.8, 4) is 11.5 Å². The number of aromatic nitrogens is 3. The molecule has 2 aromatic heterocycles. The minimum Gasteiger partial charge on any atom is -0.305 e. The average molecular weight is 279 g/mol. The van der Waals surface area contributed by atoms with Gasteiger partial charge < -0.3 is 4.98 Å². The van der Waals surface area contributed by atoms with Gasteiger partial charge in [0.05, 0.1) is 11.2 Å². The first-order chi connectivity index (χ1) is 9.93. The van der Waals surface area contributed by atoms with Crippen molar-refractivity contribution in [1.82, 2.24) is 15.0 Å². The Morgan fingerprint density at radius 2 is 1.76 bits per heavy atom. The molecule has 0 saturated carbocycles. The molecule has 106 valence electrons. The number of pyridine rings is 1. The molecule has 0 aliphatic heterocycles. The van der Waals surface area contributed by atoms with Gasteiger partial charge >= 0.3 is 0 Å². The topological polar surface area (TPSA) is 58.6 Å². The van der Waals surface area contributed by atoms with E-state index in [9.17, 15) is 4.79 Å². The standard InChI is InChI=1S/C17H17N3O/c1-17(2,3)14-10-15(21)20-16(19-14)13-9-8-11-6-4-5-7-12(11)18-13/h4-10H,1-3H3,(H,19,20,21). The molecule has 0 amide bonds. The number of H-pyrrole nitrogens is 1. The van der Waals surface area contributed by atoms with Crippen LogP contribution in [-0.2, 0) is 5.41 Å². The fourth-order valence-corrected chi connectivity index (χ4v) is 2.16. The maximum atomic E-state index is 11.9. The van der Waals surface area contributed by atoms with Crippen LogP contribution in [0, 0.1) is 0 Å². The summed E-state index contributed by atoms with van der Waals surface area (Å²) >= 11 is 0. The lowest BCUT2D eigenvalue weighted by Gasteiger charge is -2.17. The highest BCUT2D eigenvalue weighted by Gasteiger charge is 2.17. The van der Waals surface area contributed by atoms with E-state index in [1.807, 2.05) is 57.2 Å². The van der Waals surface area contributed by atoms with Gasteiger partial charge in [-0.3, -0.25) is 4.79 Å². The number of hydrogen-bond acceptors (Lipinski definition) is 3. The van der Waals surface area contributed by atoms with Crippen molar-refractivity contribution in [2.45, 2.75) is 26.2 Å². The zero-order valence-corrected chi connectivity index (χ0v) is 12.3. The van der Waals surface area contributed by atoms with Gasteiger partial charge in [0.2, 0.25) is 0 Å². The van der Waals surface area contributed by atoms with Crippen LogP contribution >= 0.6 is 0 Å². The summed E-state index contributed by atoms with van der Waals surface area (Å²) in [5.41, 5.74) is 1.99. The van der Waals surface area contributed by atoms with E-state index >= 15 is 0 Å². The highest BCUT2D eigenvalue weighted by molar-refractivity contribution is 5.80. The lowest BCUT2D eigenvalue weighted by Crippen LogP contribution is -2.20. The quantitative estimate of drug-likeness (QED) is 0.743. The van der Waals surface area contributed by atoms with Gasteiger partial charge in [0.1, 0.15) is 5.69 Å². The van der Waals surface area contributed by atoms with Gasteiger partial charge in [0.25, 0.3) is 5.56 Å². The molecule has 0 bridgehead atoms. The van der Waals surface area contributed by atoms with Crippen LogP contribution in [0.5, 0.6) is 0 Å². The van der Waals surface area contributed by atoms with Crippen LogP contribution in [0.4, 0.5) is 0 Å². The molecule has 0 unspecified atom stereocenters. The molecule has 21 heavy (non-hydrogen) atoms. The third-order valence-corrected chi connectivity index (χ3v) is 3.35. The van der Waals surface area contributed by atoms with Crippen LogP contribution in [-0.4, -0.2) is 15.0 Å². The van der Waals surface area contributed by atoms with Crippen molar-refractivity contribution in [1.29, 1.82) is 0 Å². The Bertz CT molecular complexity index is 860. The second kappa shape index (κ2) is 4.81. The lowest BCUT2D eigenvalue weighted by atomic mass is 9.92. The molecule has 0 radical (unpaired) electrons. The molecule has 3 aromatic rings. The molecule has 4 nitrogen and oxygen atoms in total. The predicted octanol–water partition coefficient (Wildman–Crippen LogP) is 3.28. The number of aromatic amines is 1. The molecule has 0 fully saturated rings. The van der Waals surface area contributed by atoms with Gasteiger partial charge in [-0.2, -0.15) is 0 Å². The normalized spacial score (nSPS) is 11.8. The number of fused-ring (bicyclic) bond motifs is 1. The van der Waals surface area contributed by atoms with E-state index in [0.717, 1.165) is 16.6 Å². The van der Waals surface area contributed by atoms with Gasteiger partial charge in [-0.1, -0.05) is 45.0 Å². The third kappa shape index (κ3) is 2.70. The van der Waals surface area contributed by atoms with Crippen LogP contribution in [0.3, 0.4) is 0 Å². The Balaban J connectivity index is 2.18. The number of nitrogens with one attached hydrogen (secondary N) is 1. The molecule has 0 saturated heterocycles. The van der Waals surface area contributed by atoms with E-state index in [1.54, 1.807) is 6.07 Å². The SMILES string of the molecule is CC(C)(C)c1cc(=O)[nH]c(-c2ccc3ccccc3n2)n1. The monoisotopic (exact) mass is 279 g/mol. The summed E-state index contributed by atoms with van der Waals surface area (Å²) < 4.78 is 0. The summed E-state index contributed by atoms with van der Waals surface area (Å²) in [6, 6.07) is 13.3. The van der Waals surface area contributed by atoms with Gasteiger partial charge in [-0.15, -0.1) is 0 Å². The molecule has 2 heterocycles. The van der Waals surface area contributed by atoms with Gasteiger partial charge in [-0.05, 0) is 12.1 Å². The van der Waals surface area contributed by atoms with Crippen LogP contribution in [0.2, 0.25) is 0 Å². The fourth-order valence-electron chi connectivity index (χ4n) is 2.16. The largest absolute Gasteiger partial charge is 0.305 e.